The molecule has 148 valence electrons. The third kappa shape index (κ3) is 5.23. The average Bonchev–Trinajstić information content (AvgIpc) is 3.23. The van der Waals surface area contributed by atoms with Gasteiger partial charge in [0, 0.05) is 21.8 Å². The van der Waals surface area contributed by atoms with Crippen molar-refractivity contribution in [2.24, 2.45) is 5.73 Å². The third-order valence-electron chi connectivity index (χ3n) is 4.70. The van der Waals surface area contributed by atoms with Gasteiger partial charge in [-0.3, -0.25) is 0 Å². The molecular weight excluding hydrogens is 372 g/mol. The molecular formula is C22H26N2O3S. The SMILES string of the molecule is CCc1nc(-c2ccc(Sc3ccc(CCC(N)(CO)CO)cc3)cc2)co1. The molecule has 0 aliphatic heterocycles. The van der Waals surface area contributed by atoms with Crippen molar-refractivity contribution in [3.8, 4) is 11.3 Å². The van der Waals surface area contributed by atoms with Crippen LogP contribution in [0.5, 0.6) is 0 Å². The molecule has 0 saturated heterocycles. The van der Waals surface area contributed by atoms with Crippen LogP contribution in [0.15, 0.2) is 69.0 Å². The Morgan fingerprint density at radius 3 is 2.14 bits per heavy atom. The van der Waals surface area contributed by atoms with Crippen molar-refractivity contribution >= 4 is 11.8 Å². The highest BCUT2D eigenvalue weighted by Gasteiger charge is 2.22. The molecule has 0 aliphatic rings. The third-order valence-corrected chi connectivity index (χ3v) is 5.72. The van der Waals surface area contributed by atoms with Crippen molar-refractivity contribution in [2.75, 3.05) is 13.2 Å². The predicted octanol–water partition coefficient (Wildman–Crippen LogP) is 3.67. The van der Waals surface area contributed by atoms with Gasteiger partial charge in [-0.2, -0.15) is 0 Å². The highest BCUT2D eigenvalue weighted by molar-refractivity contribution is 7.99. The van der Waals surface area contributed by atoms with Gasteiger partial charge >= 0.3 is 0 Å². The minimum absolute atomic E-state index is 0.221. The van der Waals surface area contributed by atoms with E-state index in [0.29, 0.717) is 12.8 Å². The van der Waals surface area contributed by atoms with Gasteiger partial charge in [0.2, 0.25) is 0 Å². The minimum atomic E-state index is -0.920. The summed E-state index contributed by atoms with van der Waals surface area (Å²) in [5.74, 6) is 0.749. The Bertz CT molecular complexity index is 872. The maximum absolute atomic E-state index is 9.28. The van der Waals surface area contributed by atoms with E-state index in [-0.39, 0.29) is 13.2 Å². The summed E-state index contributed by atoms with van der Waals surface area (Å²) in [4.78, 5) is 6.75. The number of nitrogens with two attached hydrogens (primary N) is 1. The summed E-state index contributed by atoms with van der Waals surface area (Å²) < 4.78 is 5.41. The first-order valence-electron chi connectivity index (χ1n) is 9.37. The molecule has 3 rings (SSSR count). The largest absolute Gasteiger partial charge is 0.448 e. The van der Waals surface area contributed by atoms with Crippen molar-refractivity contribution in [3.63, 3.8) is 0 Å². The molecule has 1 aromatic heterocycles. The van der Waals surface area contributed by atoms with Gasteiger partial charge in [-0.05, 0) is 42.7 Å². The predicted molar refractivity (Wildman–Crippen MR) is 111 cm³/mol. The van der Waals surface area contributed by atoms with Crippen LogP contribution in [0.25, 0.3) is 11.3 Å². The molecule has 0 fully saturated rings. The van der Waals surface area contributed by atoms with E-state index in [0.717, 1.165) is 38.9 Å². The molecule has 28 heavy (non-hydrogen) atoms. The van der Waals surface area contributed by atoms with Crippen molar-refractivity contribution in [2.45, 2.75) is 41.5 Å². The quantitative estimate of drug-likeness (QED) is 0.509. The van der Waals surface area contributed by atoms with Crippen LogP contribution < -0.4 is 5.73 Å². The van der Waals surface area contributed by atoms with Gasteiger partial charge in [0.25, 0.3) is 0 Å². The molecule has 6 heteroatoms. The first-order valence-corrected chi connectivity index (χ1v) is 10.2. The monoisotopic (exact) mass is 398 g/mol. The Labute approximate surface area is 169 Å². The van der Waals surface area contributed by atoms with Gasteiger partial charge in [-0.1, -0.05) is 43.0 Å². The van der Waals surface area contributed by atoms with E-state index in [2.05, 4.69) is 53.5 Å². The molecule has 1 heterocycles. The van der Waals surface area contributed by atoms with Crippen LogP contribution in [0.1, 0.15) is 24.8 Å². The van der Waals surface area contributed by atoms with Gasteiger partial charge in [0.15, 0.2) is 5.89 Å². The minimum Gasteiger partial charge on any atom is -0.448 e. The van der Waals surface area contributed by atoms with E-state index in [9.17, 15) is 10.2 Å². The van der Waals surface area contributed by atoms with Crippen LogP contribution in [0.2, 0.25) is 0 Å². The van der Waals surface area contributed by atoms with Gasteiger partial charge in [-0.15, -0.1) is 0 Å². The summed E-state index contributed by atoms with van der Waals surface area (Å²) >= 11 is 1.69. The van der Waals surface area contributed by atoms with Gasteiger partial charge in [-0.25, -0.2) is 4.98 Å². The molecule has 0 spiro atoms. The Morgan fingerprint density at radius 2 is 1.61 bits per heavy atom. The number of aryl methyl sites for hydroxylation is 2. The van der Waals surface area contributed by atoms with E-state index in [4.69, 9.17) is 10.2 Å². The molecule has 0 unspecified atom stereocenters. The first-order chi connectivity index (χ1) is 13.5. The van der Waals surface area contributed by atoms with Crippen molar-refractivity contribution in [3.05, 3.63) is 66.2 Å². The van der Waals surface area contributed by atoms with Gasteiger partial charge in [0.1, 0.15) is 12.0 Å². The summed E-state index contributed by atoms with van der Waals surface area (Å²) in [7, 11) is 0. The lowest BCUT2D eigenvalue weighted by atomic mass is 9.94. The Kier molecular flexibility index (Phi) is 6.91. The fourth-order valence-corrected chi connectivity index (χ4v) is 3.58. The van der Waals surface area contributed by atoms with Crippen LogP contribution >= 0.6 is 11.8 Å². The van der Waals surface area contributed by atoms with Crippen LogP contribution in [0.4, 0.5) is 0 Å². The number of aliphatic hydroxyl groups excluding tert-OH is 2. The summed E-state index contributed by atoms with van der Waals surface area (Å²) in [6, 6.07) is 16.6. The lowest BCUT2D eigenvalue weighted by Gasteiger charge is -2.24. The fraction of sp³-hybridized carbons (Fsp3) is 0.318. The molecule has 0 bridgehead atoms. The first kappa shape index (κ1) is 20.6. The highest BCUT2D eigenvalue weighted by Crippen LogP contribution is 2.30. The summed E-state index contributed by atoms with van der Waals surface area (Å²) in [5.41, 5.74) is 8.04. The second kappa shape index (κ2) is 9.39. The van der Waals surface area contributed by atoms with E-state index in [1.165, 1.54) is 0 Å². The summed E-state index contributed by atoms with van der Waals surface area (Å²) in [6.45, 7) is 1.58. The molecule has 5 nitrogen and oxygen atoms in total. The number of rotatable bonds is 9. The maximum Gasteiger partial charge on any atom is 0.194 e. The number of hydrogen-bond donors (Lipinski definition) is 3. The number of hydrogen-bond acceptors (Lipinski definition) is 6. The zero-order valence-electron chi connectivity index (χ0n) is 16.0. The van der Waals surface area contributed by atoms with Crippen LogP contribution in [0.3, 0.4) is 0 Å². The Hall–Kier alpha value is -2.12. The van der Waals surface area contributed by atoms with Crippen LogP contribution in [-0.2, 0) is 12.8 Å². The average molecular weight is 399 g/mol. The molecule has 0 amide bonds. The number of aliphatic hydroxyl groups is 2. The standard InChI is InChI=1S/C22H26N2O3S/c1-2-21-24-20(13-27-21)17-5-9-19(10-6-17)28-18-7-3-16(4-8-18)11-12-22(23,14-25)15-26/h3-10,13,25-26H,2,11-12,14-15,23H2,1H3. The van der Waals surface area contributed by atoms with Gasteiger partial charge < -0.3 is 20.4 Å². The Balaban J connectivity index is 1.59. The molecule has 2 aromatic carbocycles. The van der Waals surface area contributed by atoms with Gasteiger partial charge in [0.05, 0.1) is 18.8 Å². The molecule has 0 saturated carbocycles. The normalized spacial score (nSPS) is 11.7. The molecule has 0 aliphatic carbocycles. The number of nitrogens with zero attached hydrogens (tertiary/aromatic N) is 1. The summed E-state index contributed by atoms with van der Waals surface area (Å²) in [6.07, 6.45) is 3.74. The second-order valence-electron chi connectivity index (χ2n) is 6.93. The lowest BCUT2D eigenvalue weighted by Crippen LogP contribution is -2.47. The van der Waals surface area contributed by atoms with E-state index in [1.54, 1.807) is 18.0 Å². The van der Waals surface area contributed by atoms with E-state index >= 15 is 0 Å². The van der Waals surface area contributed by atoms with Crippen molar-refractivity contribution in [1.29, 1.82) is 0 Å². The van der Waals surface area contributed by atoms with Crippen molar-refractivity contribution in [1.82, 2.24) is 4.98 Å². The van der Waals surface area contributed by atoms with Crippen LogP contribution in [-0.4, -0.2) is 33.9 Å². The summed E-state index contributed by atoms with van der Waals surface area (Å²) in [5, 5.41) is 18.6. The van der Waals surface area contributed by atoms with Crippen LogP contribution in [0, 0.1) is 0 Å². The maximum atomic E-state index is 9.28. The topological polar surface area (TPSA) is 92.5 Å². The second-order valence-corrected chi connectivity index (χ2v) is 8.08. The van der Waals surface area contributed by atoms with E-state index < -0.39 is 5.54 Å². The van der Waals surface area contributed by atoms with E-state index in [1.807, 2.05) is 6.92 Å². The molecule has 3 aromatic rings. The number of aromatic nitrogens is 1. The zero-order chi connectivity index (χ0) is 20.0. The molecule has 0 atom stereocenters. The highest BCUT2D eigenvalue weighted by atomic mass is 32.2. The smallest absolute Gasteiger partial charge is 0.194 e. The molecule has 4 N–H and O–H groups in total. The number of oxazole rings is 1. The van der Waals surface area contributed by atoms with Crippen molar-refractivity contribution < 1.29 is 14.6 Å². The Morgan fingerprint density at radius 1 is 1.00 bits per heavy atom. The lowest BCUT2D eigenvalue weighted by molar-refractivity contribution is 0.115. The fourth-order valence-electron chi connectivity index (χ4n) is 2.76. The number of benzene rings is 2. The zero-order valence-corrected chi connectivity index (χ0v) is 16.8. The molecule has 0 radical (unpaired) electrons.